The van der Waals surface area contributed by atoms with Crippen molar-refractivity contribution in [3.8, 4) is 0 Å². The van der Waals surface area contributed by atoms with Crippen molar-refractivity contribution >= 4 is 23.0 Å². The molecule has 2 aromatic rings. The summed E-state index contributed by atoms with van der Waals surface area (Å²) in [7, 11) is 0. The molecule has 100 valence electrons. The zero-order chi connectivity index (χ0) is 14.0. The van der Waals surface area contributed by atoms with Crippen molar-refractivity contribution in [1.29, 1.82) is 0 Å². The number of aromatic nitrogens is 2. The van der Waals surface area contributed by atoms with E-state index in [0.717, 1.165) is 15.6 Å². The highest BCUT2D eigenvalue weighted by Crippen LogP contribution is 2.25. The van der Waals surface area contributed by atoms with Crippen LogP contribution in [0.2, 0.25) is 0 Å². The van der Waals surface area contributed by atoms with E-state index in [1.54, 1.807) is 17.4 Å². The molecule has 0 aliphatic heterocycles. The predicted octanol–water partition coefficient (Wildman–Crippen LogP) is 3.03. The first-order valence-electron chi connectivity index (χ1n) is 5.86. The topological polar surface area (TPSA) is 75.1 Å². The molecule has 0 amide bonds. The molecule has 0 fully saturated rings. The van der Waals surface area contributed by atoms with E-state index in [4.69, 9.17) is 5.11 Å². The Labute approximate surface area is 115 Å². The average Bonchev–Trinajstić information content (AvgIpc) is 2.75. The molecule has 0 aliphatic carbocycles. The van der Waals surface area contributed by atoms with Gasteiger partial charge in [-0.05, 0) is 26.8 Å². The van der Waals surface area contributed by atoms with Crippen LogP contribution in [0.1, 0.15) is 38.9 Å². The van der Waals surface area contributed by atoms with E-state index in [1.807, 2.05) is 27.0 Å². The van der Waals surface area contributed by atoms with Crippen LogP contribution in [0.25, 0.3) is 0 Å². The van der Waals surface area contributed by atoms with Crippen LogP contribution in [-0.4, -0.2) is 21.0 Å². The van der Waals surface area contributed by atoms with Gasteiger partial charge in [-0.1, -0.05) is 0 Å². The Morgan fingerprint density at radius 1 is 1.37 bits per heavy atom. The summed E-state index contributed by atoms with van der Waals surface area (Å²) in [6, 6.07) is 1.69. The molecule has 19 heavy (non-hydrogen) atoms. The SMILES string of the molecule is Cc1cc(NC(C)c2ncc(C)s2)c(C(=O)O)cn1. The van der Waals surface area contributed by atoms with Gasteiger partial charge in [-0.15, -0.1) is 11.3 Å². The van der Waals surface area contributed by atoms with Crippen molar-refractivity contribution in [3.63, 3.8) is 0 Å². The van der Waals surface area contributed by atoms with Crippen LogP contribution in [0.3, 0.4) is 0 Å². The van der Waals surface area contributed by atoms with Crippen LogP contribution in [0.5, 0.6) is 0 Å². The van der Waals surface area contributed by atoms with Gasteiger partial charge in [-0.25, -0.2) is 9.78 Å². The number of aryl methyl sites for hydroxylation is 2. The molecule has 2 heterocycles. The van der Waals surface area contributed by atoms with Gasteiger partial charge in [-0.2, -0.15) is 0 Å². The molecule has 5 nitrogen and oxygen atoms in total. The number of rotatable bonds is 4. The number of nitrogens with one attached hydrogen (secondary N) is 1. The standard InChI is InChI=1S/C13H15N3O2S/c1-7-4-11(10(6-14-7)13(17)18)16-9(3)12-15-5-8(2)19-12/h4-6,9H,1-3H3,(H,14,16)(H,17,18). The lowest BCUT2D eigenvalue weighted by atomic mass is 10.2. The van der Waals surface area contributed by atoms with Crippen LogP contribution in [-0.2, 0) is 0 Å². The number of anilines is 1. The molecule has 1 unspecified atom stereocenters. The molecule has 0 spiro atoms. The Balaban J connectivity index is 2.27. The summed E-state index contributed by atoms with van der Waals surface area (Å²) in [4.78, 5) is 20.6. The number of aromatic carboxylic acids is 1. The molecular formula is C13H15N3O2S. The fourth-order valence-electron chi connectivity index (χ4n) is 1.72. The van der Waals surface area contributed by atoms with Crippen molar-refractivity contribution in [2.75, 3.05) is 5.32 Å². The molecule has 6 heteroatoms. The highest BCUT2D eigenvalue weighted by Gasteiger charge is 2.15. The first kappa shape index (κ1) is 13.5. The molecule has 0 bridgehead atoms. The number of thiazole rings is 1. The molecule has 0 aromatic carbocycles. The van der Waals surface area contributed by atoms with Crippen LogP contribution in [0, 0.1) is 13.8 Å². The van der Waals surface area contributed by atoms with Gasteiger partial charge in [0.1, 0.15) is 10.6 Å². The van der Waals surface area contributed by atoms with Gasteiger partial charge in [-0.3, -0.25) is 4.98 Å². The van der Waals surface area contributed by atoms with E-state index in [2.05, 4.69) is 15.3 Å². The van der Waals surface area contributed by atoms with Gasteiger partial charge in [0.2, 0.25) is 0 Å². The predicted molar refractivity (Wildman–Crippen MR) is 74.8 cm³/mol. The van der Waals surface area contributed by atoms with Gasteiger partial charge in [0.15, 0.2) is 0 Å². The summed E-state index contributed by atoms with van der Waals surface area (Å²) >= 11 is 1.60. The third kappa shape index (κ3) is 3.08. The van der Waals surface area contributed by atoms with Crippen molar-refractivity contribution in [2.45, 2.75) is 26.8 Å². The molecule has 0 aliphatic rings. The number of nitrogens with zero attached hydrogens (tertiary/aromatic N) is 2. The average molecular weight is 277 g/mol. The summed E-state index contributed by atoms with van der Waals surface area (Å²) in [6.45, 7) is 5.78. The summed E-state index contributed by atoms with van der Waals surface area (Å²) < 4.78 is 0. The molecule has 1 atom stereocenters. The lowest BCUT2D eigenvalue weighted by Gasteiger charge is -2.15. The molecular weight excluding hydrogens is 262 g/mol. The Bertz CT molecular complexity index is 610. The van der Waals surface area contributed by atoms with E-state index in [1.165, 1.54) is 6.20 Å². The maximum absolute atomic E-state index is 11.2. The number of carbonyl (C=O) groups is 1. The fourth-order valence-corrected chi connectivity index (χ4v) is 2.49. The number of pyridine rings is 1. The Kier molecular flexibility index (Phi) is 3.80. The number of carboxylic acid groups (broad SMARTS) is 1. The Hall–Kier alpha value is -1.95. The molecule has 0 radical (unpaired) electrons. The first-order valence-corrected chi connectivity index (χ1v) is 6.68. The third-order valence-corrected chi connectivity index (χ3v) is 3.75. The van der Waals surface area contributed by atoms with Crippen molar-refractivity contribution in [1.82, 2.24) is 9.97 Å². The zero-order valence-corrected chi connectivity index (χ0v) is 11.8. The summed E-state index contributed by atoms with van der Waals surface area (Å²) in [6.07, 6.45) is 3.19. The van der Waals surface area contributed by atoms with Crippen LogP contribution in [0.15, 0.2) is 18.5 Å². The lowest BCUT2D eigenvalue weighted by Crippen LogP contribution is -2.11. The van der Waals surface area contributed by atoms with Crippen molar-refractivity contribution in [3.05, 3.63) is 39.6 Å². The maximum atomic E-state index is 11.2. The summed E-state index contributed by atoms with van der Waals surface area (Å²) in [5.41, 5.74) is 1.51. The van der Waals surface area contributed by atoms with E-state index in [9.17, 15) is 4.79 Å². The van der Waals surface area contributed by atoms with Crippen LogP contribution >= 0.6 is 11.3 Å². The molecule has 0 saturated heterocycles. The second kappa shape index (κ2) is 5.36. The van der Waals surface area contributed by atoms with E-state index < -0.39 is 5.97 Å². The minimum Gasteiger partial charge on any atom is -0.478 e. The fraction of sp³-hybridized carbons (Fsp3) is 0.308. The minimum absolute atomic E-state index is 0.0430. The van der Waals surface area contributed by atoms with Crippen molar-refractivity contribution < 1.29 is 9.90 Å². The Morgan fingerprint density at radius 3 is 2.68 bits per heavy atom. The Morgan fingerprint density at radius 2 is 2.11 bits per heavy atom. The minimum atomic E-state index is -0.988. The third-order valence-electron chi connectivity index (χ3n) is 2.65. The van der Waals surface area contributed by atoms with E-state index >= 15 is 0 Å². The normalized spacial score (nSPS) is 12.2. The van der Waals surface area contributed by atoms with E-state index in [-0.39, 0.29) is 11.6 Å². The number of hydrogen-bond acceptors (Lipinski definition) is 5. The van der Waals surface area contributed by atoms with Gasteiger partial charge < -0.3 is 10.4 Å². The van der Waals surface area contributed by atoms with Crippen LogP contribution < -0.4 is 5.32 Å². The second-order valence-electron chi connectivity index (χ2n) is 4.35. The highest BCUT2D eigenvalue weighted by molar-refractivity contribution is 7.11. The second-order valence-corrected chi connectivity index (χ2v) is 5.62. The van der Waals surface area contributed by atoms with Gasteiger partial charge in [0.25, 0.3) is 0 Å². The lowest BCUT2D eigenvalue weighted by molar-refractivity contribution is 0.0697. The van der Waals surface area contributed by atoms with Gasteiger partial charge >= 0.3 is 5.97 Å². The smallest absolute Gasteiger partial charge is 0.339 e. The largest absolute Gasteiger partial charge is 0.478 e. The van der Waals surface area contributed by atoms with Crippen molar-refractivity contribution in [2.24, 2.45) is 0 Å². The zero-order valence-electron chi connectivity index (χ0n) is 11.0. The van der Waals surface area contributed by atoms with E-state index in [0.29, 0.717) is 5.69 Å². The highest BCUT2D eigenvalue weighted by atomic mass is 32.1. The molecule has 2 aromatic heterocycles. The monoisotopic (exact) mass is 277 g/mol. The van der Waals surface area contributed by atoms with Gasteiger partial charge in [0.05, 0.1) is 11.7 Å². The number of carboxylic acids is 1. The van der Waals surface area contributed by atoms with Crippen LogP contribution in [0.4, 0.5) is 5.69 Å². The molecule has 2 rings (SSSR count). The first-order chi connectivity index (χ1) is 8.97. The number of hydrogen-bond donors (Lipinski definition) is 2. The quantitative estimate of drug-likeness (QED) is 0.898. The molecule has 0 saturated carbocycles. The molecule has 2 N–H and O–H groups in total. The summed E-state index contributed by atoms with van der Waals surface area (Å²) in [5.74, 6) is -0.988. The maximum Gasteiger partial charge on any atom is 0.339 e. The summed E-state index contributed by atoms with van der Waals surface area (Å²) in [5, 5.41) is 13.3. The van der Waals surface area contributed by atoms with Gasteiger partial charge in [0, 0.05) is 23.0 Å².